The maximum absolute atomic E-state index is 12.1. The Kier molecular flexibility index (Phi) is 4.65. The zero-order chi connectivity index (χ0) is 16.4. The summed E-state index contributed by atoms with van der Waals surface area (Å²) >= 11 is 0. The van der Waals surface area contributed by atoms with Gasteiger partial charge in [-0.1, -0.05) is 31.4 Å². The highest BCUT2D eigenvalue weighted by Gasteiger charge is 2.43. The van der Waals surface area contributed by atoms with Gasteiger partial charge in [0.25, 0.3) is 0 Å². The summed E-state index contributed by atoms with van der Waals surface area (Å²) in [4.78, 5) is 11.5. The molecule has 0 aliphatic heterocycles. The topological polar surface area (TPSA) is 66.8 Å². The molecule has 22 heavy (non-hydrogen) atoms. The van der Waals surface area contributed by atoms with Crippen molar-refractivity contribution in [2.75, 3.05) is 0 Å². The number of aliphatic hydroxyl groups is 1. The van der Waals surface area contributed by atoms with Gasteiger partial charge in [0.2, 0.25) is 0 Å². The van der Waals surface area contributed by atoms with Crippen LogP contribution >= 0.6 is 0 Å². The van der Waals surface area contributed by atoms with Crippen LogP contribution in [0.4, 0.5) is 13.2 Å². The average Bonchev–Trinajstić information content (AvgIpc) is 2.39. The molecule has 1 fully saturated rings. The molecule has 0 spiro atoms. The molecule has 122 valence electrons. The molecule has 1 saturated carbocycles. The number of benzene rings is 1. The molecule has 1 atom stereocenters. The zero-order valence-electron chi connectivity index (χ0n) is 11.8. The lowest BCUT2D eigenvalue weighted by atomic mass is 9.73. The van der Waals surface area contributed by atoms with E-state index in [-0.39, 0.29) is 5.56 Å². The molecule has 0 saturated heterocycles. The summed E-state index contributed by atoms with van der Waals surface area (Å²) in [6, 6.07) is 4.63. The Morgan fingerprint density at radius 2 is 1.68 bits per heavy atom. The number of rotatable bonds is 4. The van der Waals surface area contributed by atoms with Crippen LogP contribution in [0.3, 0.4) is 0 Å². The van der Waals surface area contributed by atoms with Gasteiger partial charge in [-0.25, -0.2) is 0 Å². The van der Waals surface area contributed by atoms with E-state index in [1.54, 1.807) is 0 Å². The van der Waals surface area contributed by atoms with Crippen molar-refractivity contribution >= 4 is 5.97 Å². The average molecular weight is 318 g/mol. The fraction of sp³-hybridized carbons (Fsp3) is 0.533. The number of carboxylic acids is 1. The first kappa shape index (κ1) is 16.6. The number of alkyl halides is 3. The van der Waals surface area contributed by atoms with Crippen LogP contribution in [0, 0.1) is 0 Å². The zero-order valence-corrected chi connectivity index (χ0v) is 11.8. The number of carbonyl (C=O) groups is 1. The Balaban J connectivity index is 2.24. The molecular formula is C15H17F3O4. The molecule has 1 aromatic carbocycles. The monoisotopic (exact) mass is 318 g/mol. The Morgan fingerprint density at radius 1 is 1.14 bits per heavy atom. The highest BCUT2D eigenvalue weighted by Crippen LogP contribution is 2.40. The molecule has 1 aliphatic rings. The van der Waals surface area contributed by atoms with Gasteiger partial charge < -0.3 is 14.9 Å². The van der Waals surface area contributed by atoms with Gasteiger partial charge in [-0.15, -0.1) is 13.2 Å². The van der Waals surface area contributed by atoms with Crippen LogP contribution in [-0.4, -0.2) is 28.1 Å². The van der Waals surface area contributed by atoms with Crippen molar-refractivity contribution in [3.63, 3.8) is 0 Å². The molecule has 2 rings (SSSR count). The first-order chi connectivity index (χ1) is 10.2. The summed E-state index contributed by atoms with van der Waals surface area (Å²) in [6.07, 6.45) is -1.66. The summed E-state index contributed by atoms with van der Waals surface area (Å²) in [5.74, 6) is -2.77. The molecular weight excluding hydrogens is 301 g/mol. The summed E-state index contributed by atoms with van der Waals surface area (Å²) in [7, 11) is 0. The summed E-state index contributed by atoms with van der Waals surface area (Å²) < 4.78 is 40.1. The van der Waals surface area contributed by atoms with Gasteiger partial charge in [0.15, 0.2) is 0 Å². The maximum atomic E-state index is 12.1. The van der Waals surface area contributed by atoms with Crippen molar-refractivity contribution in [1.82, 2.24) is 0 Å². The van der Waals surface area contributed by atoms with Gasteiger partial charge in [0.1, 0.15) is 11.7 Å². The van der Waals surface area contributed by atoms with Crippen LogP contribution in [0.1, 0.15) is 43.6 Å². The third-order valence-corrected chi connectivity index (χ3v) is 3.95. The first-order valence-corrected chi connectivity index (χ1v) is 7.02. The second-order valence-electron chi connectivity index (χ2n) is 5.55. The Hall–Kier alpha value is -1.76. The van der Waals surface area contributed by atoms with Gasteiger partial charge in [-0.2, -0.15) is 0 Å². The van der Waals surface area contributed by atoms with Crippen molar-refractivity contribution in [3.8, 4) is 5.75 Å². The minimum atomic E-state index is -4.80. The third-order valence-electron chi connectivity index (χ3n) is 3.95. The molecule has 4 nitrogen and oxygen atoms in total. The number of hydrogen-bond acceptors (Lipinski definition) is 3. The highest BCUT2D eigenvalue weighted by molar-refractivity contribution is 5.78. The van der Waals surface area contributed by atoms with Gasteiger partial charge in [-0.05, 0) is 30.5 Å². The molecule has 0 heterocycles. The molecule has 2 N–H and O–H groups in total. The van der Waals surface area contributed by atoms with E-state index in [0.717, 1.165) is 31.4 Å². The second kappa shape index (κ2) is 6.16. The van der Waals surface area contributed by atoms with Crippen molar-refractivity contribution in [1.29, 1.82) is 0 Å². The van der Waals surface area contributed by atoms with Gasteiger partial charge in [0, 0.05) is 0 Å². The third kappa shape index (κ3) is 3.91. The maximum Gasteiger partial charge on any atom is 0.573 e. The van der Waals surface area contributed by atoms with Crippen molar-refractivity contribution in [2.24, 2.45) is 0 Å². The van der Waals surface area contributed by atoms with E-state index >= 15 is 0 Å². The SMILES string of the molecule is O=C(O)C(c1ccc(OC(F)(F)F)cc1)C1(O)CCCCC1. The fourth-order valence-electron chi connectivity index (χ4n) is 3.00. The van der Waals surface area contributed by atoms with Crippen LogP contribution in [0.5, 0.6) is 5.75 Å². The summed E-state index contributed by atoms with van der Waals surface area (Å²) in [6.45, 7) is 0. The van der Waals surface area contributed by atoms with Crippen LogP contribution in [0.25, 0.3) is 0 Å². The normalized spacial score (nSPS) is 19.5. The van der Waals surface area contributed by atoms with E-state index in [0.29, 0.717) is 12.8 Å². The molecule has 7 heteroatoms. The Labute approximate surface area is 125 Å². The van der Waals surface area contributed by atoms with Gasteiger partial charge in [0.05, 0.1) is 5.60 Å². The fourth-order valence-corrected chi connectivity index (χ4v) is 3.00. The van der Waals surface area contributed by atoms with Crippen LogP contribution < -0.4 is 4.74 Å². The van der Waals surface area contributed by atoms with Crippen LogP contribution in [0.15, 0.2) is 24.3 Å². The van der Waals surface area contributed by atoms with Crippen molar-refractivity contribution in [3.05, 3.63) is 29.8 Å². The summed E-state index contributed by atoms with van der Waals surface area (Å²) in [5.41, 5.74) is -1.09. The number of halogens is 3. The molecule has 0 amide bonds. The lowest BCUT2D eigenvalue weighted by Gasteiger charge is -2.37. The molecule has 0 radical (unpaired) electrons. The van der Waals surface area contributed by atoms with E-state index in [9.17, 15) is 28.2 Å². The molecule has 1 aliphatic carbocycles. The first-order valence-electron chi connectivity index (χ1n) is 7.02. The highest BCUT2D eigenvalue weighted by atomic mass is 19.4. The number of carboxylic acid groups (broad SMARTS) is 1. The largest absolute Gasteiger partial charge is 0.573 e. The smallest absolute Gasteiger partial charge is 0.481 e. The van der Waals surface area contributed by atoms with E-state index in [1.807, 2.05) is 0 Å². The standard InChI is InChI=1S/C15H17F3O4/c16-15(17,18)22-11-6-4-10(5-7-11)12(13(19)20)14(21)8-2-1-3-9-14/h4-7,12,21H,1-3,8-9H2,(H,19,20). The molecule has 1 unspecified atom stereocenters. The number of ether oxygens (including phenoxy) is 1. The van der Waals surface area contributed by atoms with Crippen LogP contribution in [0.2, 0.25) is 0 Å². The second-order valence-corrected chi connectivity index (χ2v) is 5.55. The van der Waals surface area contributed by atoms with Crippen molar-refractivity contribution in [2.45, 2.75) is 50.0 Å². The van der Waals surface area contributed by atoms with Gasteiger partial charge >= 0.3 is 12.3 Å². The van der Waals surface area contributed by atoms with E-state index in [1.165, 1.54) is 12.1 Å². The van der Waals surface area contributed by atoms with Gasteiger partial charge in [-0.3, -0.25) is 4.79 Å². The summed E-state index contributed by atoms with van der Waals surface area (Å²) in [5, 5.41) is 20.0. The van der Waals surface area contributed by atoms with E-state index in [2.05, 4.69) is 4.74 Å². The van der Waals surface area contributed by atoms with Crippen LogP contribution in [-0.2, 0) is 4.79 Å². The number of hydrogen-bond donors (Lipinski definition) is 2. The van der Waals surface area contributed by atoms with Crippen molar-refractivity contribution < 1.29 is 32.9 Å². The predicted octanol–water partition coefficient (Wildman–Crippen LogP) is 3.45. The molecule has 0 aromatic heterocycles. The lowest BCUT2D eigenvalue weighted by Crippen LogP contribution is -2.42. The minimum absolute atomic E-state index is 0.270. The Morgan fingerprint density at radius 3 is 2.14 bits per heavy atom. The molecule has 0 bridgehead atoms. The van der Waals surface area contributed by atoms with E-state index < -0.39 is 29.6 Å². The lowest BCUT2D eigenvalue weighted by molar-refractivity contribution is -0.274. The quantitative estimate of drug-likeness (QED) is 0.892. The number of aliphatic carboxylic acids is 1. The predicted molar refractivity (Wildman–Crippen MR) is 71.5 cm³/mol. The Bertz CT molecular complexity index is 519. The molecule has 1 aromatic rings. The van der Waals surface area contributed by atoms with E-state index in [4.69, 9.17) is 0 Å². The minimum Gasteiger partial charge on any atom is -0.481 e.